The number of hydrogen-bond donors (Lipinski definition) is 0. The number of halogens is 1. The topological polar surface area (TPSA) is 9.23 Å². The van der Waals surface area contributed by atoms with Crippen LogP contribution >= 0.6 is 11.6 Å². The predicted molar refractivity (Wildman–Crippen MR) is 43.2 cm³/mol. The molecule has 1 heterocycles. The minimum Gasteiger partial charge on any atom is -0.359 e. The summed E-state index contributed by atoms with van der Waals surface area (Å²) in [4.78, 5) is 0. The summed E-state index contributed by atoms with van der Waals surface area (Å²) < 4.78 is 5.36. The van der Waals surface area contributed by atoms with Gasteiger partial charge >= 0.3 is 0 Å². The minimum absolute atomic E-state index is 0.369. The molecule has 2 heteroatoms. The van der Waals surface area contributed by atoms with Gasteiger partial charge in [0.05, 0.1) is 0 Å². The molecule has 1 aliphatic heterocycles. The maximum atomic E-state index is 6.08. The number of rotatable bonds is 2. The first-order chi connectivity index (χ1) is 4.77. The summed E-state index contributed by atoms with van der Waals surface area (Å²) in [5.41, 5.74) is 0. The van der Waals surface area contributed by atoms with Gasteiger partial charge in [-0.15, -0.1) is 0 Å². The zero-order chi connectivity index (χ0) is 7.45. The summed E-state index contributed by atoms with van der Waals surface area (Å²) in [6.45, 7) is 2.82. The highest BCUT2D eigenvalue weighted by molar-refractivity contribution is 6.23. The van der Waals surface area contributed by atoms with Crippen LogP contribution in [0.25, 0.3) is 0 Å². The van der Waals surface area contributed by atoms with Crippen LogP contribution in [0.4, 0.5) is 0 Å². The third kappa shape index (κ3) is 1.99. The summed E-state index contributed by atoms with van der Waals surface area (Å²) in [5.74, 6) is 0. The number of alkyl halides is 1. The van der Waals surface area contributed by atoms with Gasteiger partial charge in [-0.05, 0) is 19.8 Å². The Morgan fingerprint density at radius 2 is 2.50 bits per heavy atom. The van der Waals surface area contributed by atoms with Crippen molar-refractivity contribution in [2.45, 2.75) is 31.2 Å². The van der Waals surface area contributed by atoms with Crippen molar-refractivity contribution in [2.75, 3.05) is 6.61 Å². The fourth-order valence-corrected chi connectivity index (χ4v) is 1.42. The van der Waals surface area contributed by atoms with Gasteiger partial charge in [-0.1, -0.05) is 23.8 Å². The molecule has 0 aromatic rings. The molecule has 1 atom stereocenters. The van der Waals surface area contributed by atoms with E-state index in [0.717, 1.165) is 25.9 Å². The lowest BCUT2D eigenvalue weighted by Gasteiger charge is -2.17. The van der Waals surface area contributed by atoms with Gasteiger partial charge in [0.2, 0.25) is 0 Å². The molecule has 1 fully saturated rings. The fraction of sp³-hybridized carbons (Fsp3) is 0.750. The zero-order valence-electron chi connectivity index (χ0n) is 6.27. The van der Waals surface area contributed by atoms with Crippen molar-refractivity contribution in [3.05, 3.63) is 12.2 Å². The van der Waals surface area contributed by atoms with Gasteiger partial charge in [0.1, 0.15) is 5.06 Å². The molecule has 0 aromatic carbocycles. The molecular weight excluding hydrogens is 148 g/mol. The van der Waals surface area contributed by atoms with Gasteiger partial charge < -0.3 is 4.74 Å². The Morgan fingerprint density at radius 3 is 3.00 bits per heavy atom. The Hall–Kier alpha value is -0.0100. The van der Waals surface area contributed by atoms with Crippen LogP contribution in [-0.2, 0) is 4.74 Å². The van der Waals surface area contributed by atoms with E-state index in [-0.39, 0.29) is 5.06 Å². The zero-order valence-corrected chi connectivity index (χ0v) is 7.03. The Labute approximate surface area is 67.0 Å². The van der Waals surface area contributed by atoms with Crippen LogP contribution in [0.1, 0.15) is 26.2 Å². The number of hydrogen-bond acceptors (Lipinski definition) is 1. The minimum atomic E-state index is -0.369. The molecule has 0 amide bonds. The molecule has 1 nitrogen and oxygen atoms in total. The summed E-state index contributed by atoms with van der Waals surface area (Å²) in [7, 11) is 0. The first-order valence-corrected chi connectivity index (χ1v) is 4.09. The molecule has 0 radical (unpaired) electrons. The molecular formula is C8H13ClO. The van der Waals surface area contributed by atoms with Gasteiger partial charge in [0, 0.05) is 13.0 Å². The van der Waals surface area contributed by atoms with Crippen LogP contribution in [0.5, 0.6) is 0 Å². The smallest absolute Gasteiger partial charge is 0.145 e. The highest BCUT2D eigenvalue weighted by Gasteiger charge is 2.30. The fourth-order valence-electron chi connectivity index (χ4n) is 1.12. The first-order valence-electron chi connectivity index (χ1n) is 3.71. The standard InChI is InChI=1S/C8H13ClO/c1-2-3-5-8(9)6-4-7-10-8/h2-3H,4-7H2,1H3. The van der Waals surface area contributed by atoms with Crippen LogP contribution < -0.4 is 0 Å². The Morgan fingerprint density at radius 1 is 1.70 bits per heavy atom. The van der Waals surface area contributed by atoms with Crippen LogP contribution in [-0.4, -0.2) is 11.7 Å². The summed E-state index contributed by atoms with van der Waals surface area (Å²) in [6, 6.07) is 0. The van der Waals surface area contributed by atoms with Gasteiger partial charge in [0.25, 0.3) is 0 Å². The summed E-state index contributed by atoms with van der Waals surface area (Å²) in [6.07, 6.45) is 6.98. The highest BCUT2D eigenvalue weighted by atomic mass is 35.5. The Balaban J connectivity index is 2.35. The lowest BCUT2D eigenvalue weighted by molar-refractivity contribution is 0.0776. The van der Waals surface area contributed by atoms with Crippen molar-refractivity contribution >= 4 is 11.6 Å². The SMILES string of the molecule is CC=CCC1(Cl)CCCO1. The second kappa shape index (κ2) is 3.40. The van der Waals surface area contributed by atoms with Crippen molar-refractivity contribution in [1.82, 2.24) is 0 Å². The van der Waals surface area contributed by atoms with Crippen molar-refractivity contribution in [2.24, 2.45) is 0 Å². The maximum absolute atomic E-state index is 6.08. The molecule has 0 bridgehead atoms. The molecule has 1 rings (SSSR count). The molecule has 0 aromatic heterocycles. The molecule has 0 aliphatic carbocycles. The average Bonchev–Trinajstić information content (AvgIpc) is 2.33. The van der Waals surface area contributed by atoms with Crippen molar-refractivity contribution < 1.29 is 4.74 Å². The van der Waals surface area contributed by atoms with Gasteiger partial charge in [-0.25, -0.2) is 0 Å². The monoisotopic (exact) mass is 160 g/mol. The number of ether oxygens (including phenoxy) is 1. The van der Waals surface area contributed by atoms with Crippen LogP contribution in [0.2, 0.25) is 0 Å². The quantitative estimate of drug-likeness (QED) is 0.446. The van der Waals surface area contributed by atoms with E-state index in [1.165, 1.54) is 0 Å². The predicted octanol–water partition coefficient (Wildman–Crippen LogP) is 2.70. The van der Waals surface area contributed by atoms with E-state index in [9.17, 15) is 0 Å². The van der Waals surface area contributed by atoms with Crippen LogP contribution in [0.15, 0.2) is 12.2 Å². The molecule has 1 unspecified atom stereocenters. The Bertz CT molecular complexity index is 125. The molecule has 10 heavy (non-hydrogen) atoms. The second-order valence-corrected chi connectivity index (χ2v) is 3.30. The third-order valence-electron chi connectivity index (χ3n) is 1.71. The molecule has 1 saturated heterocycles. The van der Waals surface area contributed by atoms with E-state index < -0.39 is 0 Å². The Kier molecular flexibility index (Phi) is 2.75. The van der Waals surface area contributed by atoms with E-state index in [2.05, 4.69) is 6.08 Å². The van der Waals surface area contributed by atoms with E-state index in [1.807, 2.05) is 13.0 Å². The van der Waals surface area contributed by atoms with E-state index in [1.54, 1.807) is 0 Å². The van der Waals surface area contributed by atoms with Gasteiger partial charge in [-0.3, -0.25) is 0 Å². The maximum Gasteiger partial charge on any atom is 0.145 e. The largest absolute Gasteiger partial charge is 0.359 e. The first kappa shape index (κ1) is 8.09. The molecule has 58 valence electrons. The summed E-state index contributed by atoms with van der Waals surface area (Å²) in [5, 5.41) is -0.369. The molecule has 0 N–H and O–H groups in total. The van der Waals surface area contributed by atoms with Crippen molar-refractivity contribution in [3.63, 3.8) is 0 Å². The van der Waals surface area contributed by atoms with Crippen molar-refractivity contribution in [3.8, 4) is 0 Å². The second-order valence-electron chi connectivity index (χ2n) is 2.61. The van der Waals surface area contributed by atoms with E-state index >= 15 is 0 Å². The van der Waals surface area contributed by atoms with Crippen molar-refractivity contribution in [1.29, 1.82) is 0 Å². The van der Waals surface area contributed by atoms with Crippen LogP contribution in [0.3, 0.4) is 0 Å². The highest BCUT2D eigenvalue weighted by Crippen LogP contribution is 2.33. The van der Waals surface area contributed by atoms with E-state index in [4.69, 9.17) is 16.3 Å². The normalized spacial score (nSPS) is 33.8. The average molecular weight is 161 g/mol. The van der Waals surface area contributed by atoms with Crippen LogP contribution in [0, 0.1) is 0 Å². The van der Waals surface area contributed by atoms with Gasteiger partial charge in [-0.2, -0.15) is 0 Å². The summed E-state index contributed by atoms with van der Waals surface area (Å²) >= 11 is 6.08. The number of allylic oxidation sites excluding steroid dienone is 1. The molecule has 0 spiro atoms. The molecule has 0 saturated carbocycles. The lowest BCUT2D eigenvalue weighted by atomic mass is 10.1. The van der Waals surface area contributed by atoms with Gasteiger partial charge in [0.15, 0.2) is 0 Å². The third-order valence-corrected chi connectivity index (χ3v) is 2.17. The lowest BCUT2D eigenvalue weighted by Crippen LogP contribution is -2.17. The molecule has 1 aliphatic rings. The van der Waals surface area contributed by atoms with E-state index in [0.29, 0.717) is 0 Å².